The van der Waals surface area contributed by atoms with Gasteiger partial charge in [0.05, 0.1) is 0 Å². The zero-order chi connectivity index (χ0) is 10.6. The molecule has 2 unspecified atom stereocenters. The lowest BCUT2D eigenvalue weighted by Gasteiger charge is -2.10. The van der Waals surface area contributed by atoms with Crippen LogP contribution in [0, 0.1) is 11.8 Å². The van der Waals surface area contributed by atoms with Gasteiger partial charge in [0.15, 0.2) is 0 Å². The molecule has 1 saturated carbocycles. The summed E-state index contributed by atoms with van der Waals surface area (Å²) in [7, 11) is 0. The second-order valence-corrected chi connectivity index (χ2v) is 4.32. The number of hydrogen-bond acceptors (Lipinski definition) is 2. The number of rotatable bonds is 5. The third-order valence-corrected chi connectivity index (χ3v) is 2.88. The van der Waals surface area contributed by atoms with Crippen LogP contribution in [0.5, 0.6) is 0 Å². The highest BCUT2D eigenvalue weighted by Gasteiger charge is 2.20. The van der Waals surface area contributed by atoms with Crippen LogP contribution >= 0.6 is 0 Å². The van der Waals surface area contributed by atoms with Crippen molar-refractivity contribution in [3.63, 3.8) is 0 Å². The minimum atomic E-state index is -0.905. The Hall–Kier alpha value is -0.830. The Morgan fingerprint density at radius 2 is 2.29 bits per heavy atom. The van der Waals surface area contributed by atoms with Gasteiger partial charge in [0.2, 0.25) is 0 Å². The van der Waals surface area contributed by atoms with Gasteiger partial charge in [-0.15, -0.1) is 0 Å². The Morgan fingerprint density at radius 1 is 1.57 bits per heavy atom. The fourth-order valence-corrected chi connectivity index (χ4v) is 2.01. The summed E-state index contributed by atoms with van der Waals surface area (Å²) in [4.78, 5) is 10.4. The van der Waals surface area contributed by atoms with Crippen molar-refractivity contribution >= 4 is 5.97 Å². The summed E-state index contributed by atoms with van der Waals surface area (Å²) >= 11 is 0. The Bertz CT molecular complexity index is 225. The Morgan fingerprint density at radius 3 is 2.79 bits per heavy atom. The highest BCUT2D eigenvalue weighted by Crippen LogP contribution is 2.29. The molecule has 0 aromatic rings. The van der Waals surface area contributed by atoms with Gasteiger partial charge in [-0.05, 0) is 31.2 Å². The molecule has 80 valence electrons. The van der Waals surface area contributed by atoms with Gasteiger partial charge < -0.3 is 10.4 Å². The van der Waals surface area contributed by atoms with E-state index in [1.54, 1.807) is 0 Å². The summed E-state index contributed by atoms with van der Waals surface area (Å²) in [6, 6.07) is 0. The van der Waals surface area contributed by atoms with Crippen LogP contribution in [0.1, 0.15) is 26.2 Å². The molecule has 0 amide bonds. The predicted octanol–water partition coefficient (Wildman–Crippen LogP) is 1.65. The lowest BCUT2D eigenvalue weighted by Crippen LogP contribution is -2.25. The second kappa shape index (κ2) is 5.15. The standard InChI is InChI=1S/C11H19NO2/c1-8-3-4-10(5-8)7-12-6-9(2)11(13)14/h8,10,12H,2-7H2,1H3,(H,13,14). The maximum atomic E-state index is 10.4. The van der Waals surface area contributed by atoms with Crippen molar-refractivity contribution in [1.82, 2.24) is 5.32 Å². The van der Waals surface area contributed by atoms with E-state index in [1.807, 2.05) is 0 Å². The molecular formula is C11H19NO2. The van der Waals surface area contributed by atoms with Gasteiger partial charge in [0, 0.05) is 12.1 Å². The van der Waals surface area contributed by atoms with Crippen LogP contribution < -0.4 is 5.32 Å². The molecule has 0 spiro atoms. The first-order valence-corrected chi connectivity index (χ1v) is 5.21. The molecule has 0 aromatic heterocycles. The molecule has 0 radical (unpaired) electrons. The van der Waals surface area contributed by atoms with E-state index in [9.17, 15) is 4.79 Å². The number of nitrogens with one attached hydrogen (secondary N) is 1. The molecule has 0 saturated heterocycles. The van der Waals surface area contributed by atoms with Gasteiger partial charge in [-0.1, -0.05) is 19.9 Å². The van der Waals surface area contributed by atoms with Crippen LogP contribution in [0.15, 0.2) is 12.2 Å². The van der Waals surface area contributed by atoms with E-state index in [-0.39, 0.29) is 5.57 Å². The zero-order valence-electron chi connectivity index (χ0n) is 8.75. The average molecular weight is 197 g/mol. The minimum Gasteiger partial charge on any atom is -0.478 e. The molecule has 3 nitrogen and oxygen atoms in total. The lowest BCUT2D eigenvalue weighted by molar-refractivity contribution is -0.132. The highest BCUT2D eigenvalue weighted by molar-refractivity contribution is 5.86. The summed E-state index contributed by atoms with van der Waals surface area (Å²) < 4.78 is 0. The van der Waals surface area contributed by atoms with Gasteiger partial charge >= 0.3 is 5.97 Å². The Labute approximate surface area is 85.2 Å². The van der Waals surface area contributed by atoms with Gasteiger partial charge in [0.1, 0.15) is 0 Å². The smallest absolute Gasteiger partial charge is 0.332 e. The SMILES string of the molecule is C=C(CNCC1CCC(C)C1)C(=O)O. The number of carboxylic acids is 1. The fourth-order valence-electron chi connectivity index (χ4n) is 2.01. The first kappa shape index (κ1) is 11.2. The molecule has 0 bridgehead atoms. The van der Waals surface area contributed by atoms with E-state index in [2.05, 4.69) is 18.8 Å². The minimum absolute atomic E-state index is 0.246. The highest BCUT2D eigenvalue weighted by atomic mass is 16.4. The first-order chi connectivity index (χ1) is 6.59. The number of aliphatic carboxylic acids is 1. The quantitative estimate of drug-likeness (QED) is 0.659. The average Bonchev–Trinajstić information content (AvgIpc) is 2.51. The lowest BCUT2D eigenvalue weighted by atomic mass is 10.1. The van der Waals surface area contributed by atoms with E-state index >= 15 is 0 Å². The van der Waals surface area contributed by atoms with Gasteiger partial charge in [-0.25, -0.2) is 4.79 Å². The predicted molar refractivity (Wildman–Crippen MR) is 56.2 cm³/mol. The number of carboxylic acid groups (broad SMARTS) is 1. The molecule has 14 heavy (non-hydrogen) atoms. The van der Waals surface area contributed by atoms with Crippen LogP contribution in [0.2, 0.25) is 0 Å². The number of carbonyl (C=O) groups is 1. The van der Waals surface area contributed by atoms with Crippen LogP contribution in [0.3, 0.4) is 0 Å². The maximum absolute atomic E-state index is 10.4. The van der Waals surface area contributed by atoms with Crippen molar-refractivity contribution in [3.05, 3.63) is 12.2 Å². The van der Waals surface area contributed by atoms with Crippen molar-refractivity contribution in [1.29, 1.82) is 0 Å². The maximum Gasteiger partial charge on any atom is 0.332 e. The van der Waals surface area contributed by atoms with Crippen LogP contribution in [0.25, 0.3) is 0 Å². The molecule has 1 fully saturated rings. The molecule has 0 heterocycles. The third kappa shape index (κ3) is 3.50. The molecule has 0 aromatic carbocycles. The molecule has 2 N–H and O–H groups in total. The molecule has 0 aliphatic heterocycles. The molecule has 1 aliphatic rings. The van der Waals surface area contributed by atoms with E-state index in [4.69, 9.17) is 5.11 Å². The molecule has 3 heteroatoms. The van der Waals surface area contributed by atoms with Crippen LogP contribution in [0.4, 0.5) is 0 Å². The van der Waals surface area contributed by atoms with E-state index in [0.29, 0.717) is 6.54 Å². The van der Waals surface area contributed by atoms with Gasteiger partial charge in [-0.3, -0.25) is 0 Å². The summed E-state index contributed by atoms with van der Waals surface area (Å²) in [5, 5.41) is 11.7. The van der Waals surface area contributed by atoms with Crippen molar-refractivity contribution in [2.24, 2.45) is 11.8 Å². The molecule has 1 aliphatic carbocycles. The Balaban J connectivity index is 2.10. The van der Waals surface area contributed by atoms with Crippen molar-refractivity contribution < 1.29 is 9.90 Å². The largest absolute Gasteiger partial charge is 0.478 e. The zero-order valence-corrected chi connectivity index (χ0v) is 8.75. The van der Waals surface area contributed by atoms with Crippen molar-refractivity contribution in [2.75, 3.05) is 13.1 Å². The Kier molecular flexibility index (Phi) is 4.14. The normalized spacial score (nSPS) is 26.4. The second-order valence-electron chi connectivity index (χ2n) is 4.32. The summed E-state index contributed by atoms with van der Waals surface area (Å²) in [6.45, 7) is 7.08. The van der Waals surface area contributed by atoms with Crippen LogP contribution in [-0.2, 0) is 4.79 Å². The molecule has 1 rings (SSSR count). The van der Waals surface area contributed by atoms with E-state index in [0.717, 1.165) is 18.4 Å². The molecular weight excluding hydrogens is 178 g/mol. The summed E-state index contributed by atoms with van der Waals surface area (Å²) in [5.41, 5.74) is 0.246. The first-order valence-electron chi connectivity index (χ1n) is 5.21. The third-order valence-electron chi connectivity index (χ3n) is 2.88. The van der Waals surface area contributed by atoms with Crippen molar-refractivity contribution in [2.45, 2.75) is 26.2 Å². The monoisotopic (exact) mass is 197 g/mol. The van der Waals surface area contributed by atoms with Crippen molar-refractivity contribution in [3.8, 4) is 0 Å². The van der Waals surface area contributed by atoms with Gasteiger partial charge in [-0.2, -0.15) is 0 Å². The summed E-state index contributed by atoms with van der Waals surface area (Å²) in [6.07, 6.45) is 3.85. The van der Waals surface area contributed by atoms with Gasteiger partial charge in [0.25, 0.3) is 0 Å². The summed E-state index contributed by atoms with van der Waals surface area (Å²) in [5.74, 6) is 0.661. The molecule has 2 atom stereocenters. The topological polar surface area (TPSA) is 49.3 Å². The number of hydrogen-bond donors (Lipinski definition) is 2. The van der Waals surface area contributed by atoms with E-state index in [1.165, 1.54) is 19.3 Å². The van der Waals surface area contributed by atoms with Crippen LogP contribution in [-0.4, -0.2) is 24.2 Å². The van der Waals surface area contributed by atoms with E-state index < -0.39 is 5.97 Å². The fraction of sp³-hybridized carbons (Fsp3) is 0.727.